The van der Waals surface area contributed by atoms with Crippen LogP contribution in [0.2, 0.25) is 0 Å². The van der Waals surface area contributed by atoms with Gasteiger partial charge in [0.2, 0.25) is 0 Å². The highest BCUT2D eigenvalue weighted by molar-refractivity contribution is 5.71. The molecule has 0 aliphatic rings. The van der Waals surface area contributed by atoms with Crippen LogP contribution in [0.25, 0.3) is 0 Å². The second kappa shape index (κ2) is 5.24. The number of aryl methyl sites for hydroxylation is 1. The number of carboxylic acids is 1. The van der Waals surface area contributed by atoms with Crippen LogP contribution >= 0.6 is 0 Å². The van der Waals surface area contributed by atoms with E-state index in [9.17, 15) is 22.4 Å². The molecule has 0 spiro atoms. The Hall–Kier alpha value is -1.79. The minimum atomic E-state index is -4.94. The molecule has 0 radical (unpaired) electrons. The van der Waals surface area contributed by atoms with Gasteiger partial charge in [-0.05, 0) is 18.6 Å². The molecule has 0 amide bonds. The highest BCUT2D eigenvalue weighted by Gasteiger charge is 2.45. The van der Waals surface area contributed by atoms with E-state index >= 15 is 0 Å². The normalized spacial score (nSPS) is 13.2. The summed E-state index contributed by atoms with van der Waals surface area (Å²) in [7, 11) is 0. The van der Waals surface area contributed by atoms with Gasteiger partial charge in [-0.15, -0.1) is 0 Å². The zero-order valence-corrected chi connectivity index (χ0v) is 9.29. The summed E-state index contributed by atoms with van der Waals surface area (Å²) >= 11 is 0. The lowest BCUT2D eigenvalue weighted by molar-refractivity contribution is -0.198. The number of hydrogen-bond acceptors (Lipinski definition) is 2. The molecular formula is C11H10F4O3. The van der Waals surface area contributed by atoms with Gasteiger partial charge in [0.25, 0.3) is 0 Å². The number of halogens is 4. The van der Waals surface area contributed by atoms with Crippen molar-refractivity contribution in [1.29, 1.82) is 0 Å². The number of aliphatic carboxylic acids is 1. The molecule has 18 heavy (non-hydrogen) atoms. The maximum atomic E-state index is 13.4. The van der Waals surface area contributed by atoms with Gasteiger partial charge in [-0.3, -0.25) is 4.79 Å². The van der Waals surface area contributed by atoms with Crippen molar-refractivity contribution in [2.24, 2.45) is 5.92 Å². The summed E-state index contributed by atoms with van der Waals surface area (Å²) in [4.78, 5) is 10.4. The molecule has 0 fully saturated rings. The molecule has 3 nitrogen and oxygen atoms in total. The first-order valence-electron chi connectivity index (χ1n) is 4.91. The molecule has 1 aromatic carbocycles. The van der Waals surface area contributed by atoms with E-state index < -0.39 is 36.2 Å². The van der Waals surface area contributed by atoms with Gasteiger partial charge in [0.15, 0.2) is 17.5 Å². The fraction of sp³-hybridized carbons (Fsp3) is 0.364. The predicted octanol–water partition coefficient (Wildman–Crippen LogP) is 2.78. The van der Waals surface area contributed by atoms with Gasteiger partial charge in [0.05, 0.1) is 0 Å². The first-order chi connectivity index (χ1) is 8.23. The predicted molar refractivity (Wildman–Crippen MR) is 53.8 cm³/mol. The van der Waals surface area contributed by atoms with E-state index in [1.54, 1.807) is 0 Å². The Labute approximate surface area is 100.0 Å². The SMILES string of the molecule is Cc1cccc(OCC(C(=O)O)C(F)(F)F)c1F. The molecule has 0 aromatic heterocycles. The molecule has 1 rings (SSSR count). The summed E-state index contributed by atoms with van der Waals surface area (Å²) in [5.41, 5.74) is 0.200. The lowest BCUT2D eigenvalue weighted by atomic mass is 10.1. The van der Waals surface area contributed by atoms with Crippen molar-refractivity contribution >= 4 is 5.97 Å². The number of hydrogen-bond donors (Lipinski definition) is 1. The van der Waals surface area contributed by atoms with E-state index in [4.69, 9.17) is 5.11 Å². The first-order valence-corrected chi connectivity index (χ1v) is 4.91. The first kappa shape index (κ1) is 14.3. The zero-order chi connectivity index (χ0) is 13.9. The Bertz CT molecular complexity index is 442. The Morgan fingerprint density at radius 1 is 1.44 bits per heavy atom. The van der Waals surface area contributed by atoms with Gasteiger partial charge in [-0.2, -0.15) is 13.2 Å². The lowest BCUT2D eigenvalue weighted by Gasteiger charge is -2.17. The molecule has 0 aliphatic heterocycles. The zero-order valence-electron chi connectivity index (χ0n) is 9.29. The van der Waals surface area contributed by atoms with Crippen LogP contribution in [-0.2, 0) is 4.79 Å². The van der Waals surface area contributed by atoms with Crippen LogP contribution in [0.5, 0.6) is 5.75 Å². The summed E-state index contributed by atoms with van der Waals surface area (Å²) in [6.45, 7) is 0.250. The van der Waals surface area contributed by atoms with Crippen LogP contribution in [-0.4, -0.2) is 23.9 Å². The van der Waals surface area contributed by atoms with E-state index in [0.717, 1.165) is 6.07 Å². The van der Waals surface area contributed by atoms with Crippen molar-refractivity contribution in [2.75, 3.05) is 6.61 Å². The van der Waals surface area contributed by atoms with Crippen molar-refractivity contribution in [2.45, 2.75) is 13.1 Å². The number of carboxylic acid groups (broad SMARTS) is 1. The molecular weight excluding hydrogens is 256 g/mol. The number of rotatable bonds is 4. The summed E-state index contributed by atoms with van der Waals surface area (Å²) in [6, 6.07) is 3.95. The number of ether oxygens (including phenoxy) is 1. The monoisotopic (exact) mass is 266 g/mol. The molecule has 0 saturated heterocycles. The fourth-order valence-electron chi connectivity index (χ4n) is 1.21. The van der Waals surface area contributed by atoms with Crippen LogP contribution in [0.1, 0.15) is 5.56 Å². The minimum Gasteiger partial charge on any atom is -0.489 e. The second-order valence-corrected chi connectivity index (χ2v) is 3.63. The second-order valence-electron chi connectivity index (χ2n) is 3.63. The average Bonchev–Trinajstić information content (AvgIpc) is 2.22. The summed E-state index contributed by atoms with van der Waals surface area (Å²) in [6.07, 6.45) is -4.94. The van der Waals surface area contributed by atoms with Gasteiger partial charge in [0, 0.05) is 0 Å². The van der Waals surface area contributed by atoms with Gasteiger partial charge >= 0.3 is 12.1 Å². The van der Waals surface area contributed by atoms with Crippen LogP contribution in [0.3, 0.4) is 0 Å². The Balaban J connectivity index is 2.80. The third kappa shape index (κ3) is 3.35. The maximum absolute atomic E-state index is 13.4. The van der Waals surface area contributed by atoms with Gasteiger partial charge in [-0.25, -0.2) is 4.39 Å². The van der Waals surface area contributed by atoms with E-state index in [1.807, 2.05) is 0 Å². The molecule has 0 saturated carbocycles. The summed E-state index contributed by atoms with van der Waals surface area (Å²) < 4.78 is 54.9. The maximum Gasteiger partial charge on any atom is 0.405 e. The fourth-order valence-corrected chi connectivity index (χ4v) is 1.21. The van der Waals surface area contributed by atoms with Gasteiger partial charge < -0.3 is 9.84 Å². The lowest BCUT2D eigenvalue weighted by Crippen LogP contribution is -2.35. The third-order valence-electron chi connectivity index (χ3n) is 2.26. The number of benzene rings is 1. The van der Waals surface area contributed by atoms with Crippen molar-refractivity contribution in [1.82, 2.24) is 0 Å². The van der Waals surface area contributed by atoms with Crippen LogP contribution in [0.4, 0.5) is 17.6 Å². The highest BCUT2D eigenvalue weighted by Crippen LogP contribution is 2.28. The Morgan fingerprint density at radius 2 is 2.06 bits per heavy atom. The van der Waals surface area contributed by atoms with E-state index in [-0.39, 0.29) is 5.56 Å². The van der Waals surface area contributed by atoms with Crippen LogP contribution in [0, 0.1) is 18.7 Å². The van der Waals surface area contributed by atoms with E-state index in [0.29, 0.717) is 0 Å². The molecule has 1 aromatic rings. The Kier molecular flexibility index (Phi) is 4.15. The average molecular weight is 266 g/mol. The topological polar surface area (TPSA) is 46.5 Å². The number of carbonyl (C=O) groups is 1. The summed E-state index contributed by atoms with van der Waals surface area (Å²) in [5.74, 6) is -5.94. The largest absolute Gasteiger partial charge is 0.489 e. The minimum absolute atomic E-state index is 0.200. The molecule has 0 bridgehead atoms. The quantitative estimate of drug-likeness (QED) is 0.852. The van der Waals surface area contributed by atoms with E-state index in [2.05, 4.69) is 4.74 Å². The molecule has 7 heteroatoms. The van der Waals surface area contributed by atoms with Gasteiger partial charge in [0.1, 0.15) is 6.61 Å². The van der Waals surface area contributed by atoms with E-state index in [1.165, 1.54) is 19.1 Å². The van der Waals surface area contributed by atoms with Crippen molar-refractivity contribution in [3.63, 3.8) is 0 Å². The smallest absolute Gasteiger partial charge is 0.405 e. The molecule has 0 heterocycles. The van der Waals surface area contributed by atoms with Gasteiger partial charge in [-0.1, -0.05) is 12.1 Å². The van der Waals surface area contributed by atoms with Crippen LogP contribution in [0.15, 0.2) is 18.2 Å². The van der Waals surface area contributed by atoms with Crippen molar-refractivity contribution in [3.05, 3.63) is 29.6 Å². The third-order valence-corrected chi connectivity index (χ3v) is 2.26. The Morgan fingerprint density at radius 3 is 2.56 bits per heavy atom. The van der Waals surface area contributed by atoms with Crippen LogP contribution < -0.4 is 4.74 Å². The molecule has 1 atom stereocenters. The van der Waals surface area contributed by atoms with Crippen molar-refractivity contribution < 1.29 is 32.2 Å². The standard InChI is InChI=1S/C11H10F4O3/c1-6-3-2-4-8(9(6)12)18-5-7(10(16)17)11(13,14)15/h2-4,7H,5H2,1H3,(H,16,17). The molecule has 1 unspecified atom stereocenters. The molecule has 0 aliphatic carbocycles. The highest BCUT2D eigenvalue weighted by atomic mass is 19.4. The summed E-state index contributed by atoms with van der Waals surface area (Å²) in [5, 5.41) is 8.42. The molecule has 100 valence electrons. The van der Waals surface area contributed by atoms with Crippen molar-refractivity contribution in [3.8, 4) is 5.75 Å². The number of alkyl halides is 3. The molecule has 1 N–H and O–H groups in total.